The Bertz CT molecular complexity index is 1000. The summed E-state index contributed by atoms with van der Waals surface area (Å²) >= 11 is 6.11. The highest BCUT2D eigenvalue weighted by atomic mass is 35.5. The molecule has 3 N–H and O–H groups in total. The van der Waals surface area contributed by atoms with Gasteiger partial charge in [0.25, 0.3) is 5.91 Å². The predicted octanol–water partition coefficient (Wildman–Crippen LogP) is 2.19. The zero-order valence-corrected chi connectivity index (χ0v) is 18.7. The van der Waals surface area contributed by atoms with Gasteiger partial charge in [0.05, 0.1) is 24.3 Å². The summed E-state index contributed by atoms with van der Waals surface area (Å²) in [6.45, 7) is 3.93. The first-order valence-electron chi connectivity index (χ1n) is 10.3. The van der Waals surface area contributed by atoms with Crippen molar-refractivity contribution in [3.05, 3.63) is 53.4 Å². The first-order valence-corrected chi connectivity index (χ1v) is 10.6. The summed E-state index contributed by atoms with van der Waals surface area (Å²) in [5.74, 6) is 0.493. The Morgan fingerprint density at radius 2 is 2.09 bits per heavy atom. The van der Waals surface area contributed by atoms with Gasteiger partial charge in [0.15, 0.2) is 11.6 Å². The lowest BCUT2D eigenvalue weighted by Crippen LogP contribution is -2.46. The van der Waals surface area contributed by atoms with Crippen LogP contribution in [0.5, 0.6) is 5.75 Å². The molecule has 2 heterocycles. The second-order valence-corrected chi connectivity index (χ2v) is 8.54. The van der Waals surface area contributed by atoms with Gasteiger partial charge < -0.3 is 25.2 Å². The quantitative estimate of drug-likeness (QED) is 0.498. The highest BCUT2D eigenvalue weighted by molar-refractivity contribution is 6.32. The maximum Gasteiger partial charge on any atom is 0.290 e. The fourth-order valence-corrected chi connectivity index (χ4v) is 3.47. The number of amides is 2. The molecule has 1 aromatic carbocycles. The number of aliphatic hydroxyl groups excluding tert-OH is 2. The second-order valence-electron chi connectivity index (χ2n) is 8.14. The molecular formula is C22H27ClN4O5. The number of anilines is 1. The van der Waals surface area contributed by atoms with Gasteiger partial charge in [0, 0.05) is 30.8 Å². The van der Waals surface area contributed by atoms with Gasteiger partial charge in [-0.15, -0.1) is 0 Å². The molecule has 0 radical (unpaired) electrons. The van der Waals surface area contributed by atoms with Gasteiger partial charge in [0.2, 0.25) is 5.91 Å². The fourth-order valence-electron chi connectivity index (χ4n) is 3.29. The number of carbonyl (C=O) groups is 2. The van der Waals surface area contributed by atoms with E-state index >= 15 is 0 Å². The van der Waals surface area contributed by atoms with Crippen molar-refractivity contribution in [1.82, 2.24) is 14.7 Å². The maximum absolute atomic E-state index is 12.9. The molecule has 0 bridgehead atoms. The topological polar surface area (TPSA) is 117 Å². The second kappa shape index (κ2) is 10.2. The van der Waals surface area contributed by atoms with E-state index in [0.29, 0.717) is 29.6 Å². The summed E-state index contributed by atoms with van der Waals surface area (Å²) < 4.78 is 7.14. The fraction of sp³-hybridized carbons (Fsp3) is 0.409. The lowest BCUT2D eigenvalue weighted by Gasteiger charge is -2.35. The van der Waals surface area contributed by atoms with Crippen LogP contribution in [0, 0.1) is 0 Å². The van der Waals surface area contributed by atoms with E-state index in [1.807, 2.05) is 13.8 Å². The number of aliphatic hydroxyl groups is 2. The summed E-state index contributed by atoms with van der Waals surface area (Å²) in [6.07, 6.45) is 3.01. The SMILES string of the molecule is CC(C)(CCC(=O)Nc1ccn(C[C@@H](O)CO)n1)N1CC=C(Oc2ccccc2Cl)C1=O. The molecule has 9 nitrogen and oxygen atoms in total. The summed E-state index contributed by atoms with van der Waals surface area (Å²) in [5.41, 5.74) is -0.582. The van der Waals surface area contributed by atoms with Crippen LogP contribution >= 0.6 is 11.6 Å². The zero-order chi connectivity index (χ0) is 23.3. The van der Waals surface area contributed by atoms with Crippen molar-refractivity contribution in [1.29, 1.82) is 0 Å². The van der Waals surface area contributed by atoms with Crippen LogP contribution in [0.25, 0.3) is 0 Å². The molecule has 2 aromatic rings. The van der Waals surface area contributed by atoms with E-state index < -0.39 is 11.6 Å². The van der Waals surface area contributed by atoms with Crippen molar-refractivity contribution in [3.8, 4) is 5.75 Å². The number of hydrogen-bond acceptors (Lipinski definition) is 6. The van der Waals surface area contributed by atoms with Gasteiger partial charge in [-0.05, 0) is 38.5 Å². The lowest BCUT2D eigenvalue weighted by molar-refractivity contribution is -0.133. The van der Waals surface area contributed by atoms with Crippen LogP contribution < -0.4 is 10.1 Å². The van der Waals surface area contributed by atoms with E-state index in [0.717, 1.165) is 0 Å². The van der Waals surface area contributed by atoms with E-state index in [9.17, 15) is 14.7 Å². The molecule has 32 heavy (non-hydrogen) atoms. The van der Waals surface area contributed by atoms with Crippen molar-refractivity contribution in [2.45, 2.75) is 44.9 Å². The number of nitrogens with zero attached hydrogens (tertiary/aromatic N) is 3. The molecule has 10 heteroatoms. The first-order chi connectivity index (χ1) is 15.2. The summed E-state index contributed by atoms with van der Waals surface area (Å²) in [7, 11) is 0. The van der Waals surface area contributed by atoms with Gasteiger partial charge in [-0.2, -0.15) is 5.10 Å². The molecule has 0 aliphatic carbocycles. The number of aromatic nitrogens is 2. The molecule has 1 aliphatic rings. The van der Waals surface area contributed by atoms with E-state index in [1.54, 1.807) is 47.5 Å². The monoisotopic (exact) mass is 462 g/mol. The van der Waals surface area contributed by atoms with Gasteiger partial charge in [-0.1, -0.05) is 23.7 Å². The van der Waals surface area contributed by atoms with Crippen molar-refractivity contribution in [3.63, 3.8) is 0 Å². The Morgan fingerprint density at radius 3 is 2.81 bits per heavy atom. The predicted molar refractivity (Wildman–Crippen MR) is 119 cm³/mol. The van der Waals surface area contributed by atoms with Crippen LogP contribution in [0.1, 0.15) is 26.7 Å². The van der Waals surface area contributed by atoms with Crippen LogP contribution in [0.15, 0.2) is 48.4 Å². The number of hydrogen-bond donors (Lipinski definition) is 3. The summed E-state index contributed by atoms with van der Waals surface area (Å²) in [4.78, 5) is 26.9. The Morgan fingerprint density at radius 1 is 1.34 bits per heavy atom. The average Bonchev–Trinajstić information content (AvgIpc) is 3.35. The third-order valence-corrected chi connectivity index (χ3v) is 5.50. The number of para-hydroxylation sites is 1. The molecule has 0 saturated carbocycles. The molecule has 0 saturated heterocycles. The maximum atomic E-state index is 12.9. The Kier molecular flexibility index (Phi) is 7.55. The minimum atomic E-state index is -0.919. The van der Waals surface area contributed by atoms with Crippen molar-refractivity contribution in [2.24, 2.45) is 0 Å². The molecule has 1 aliphatic heterocycles. The standard InChI is InChI=1S/C22H27ClN4O5/c1-22(2,10-7-20(30)24-19-9-11-26(25-19)13-15(29)14-28)27-12-8-18(21(27)31)32-17-6-4-3-5-16(17)23/h3-6,8-9,11,15,28-29H,7,10,12-14H2,1-2H3,(H,24,25,30)/t15-/m1/s1. The largest absolute Gasteiger partial charge is 0.450 e. The van der Waals surface area contributed by atoms with E-state index in [4.69, 9.17) is 21.4 Å². The molecule has 0 unspecified atom stereocenters. The van der Waals surface area contributed by atoms with Gasteiger partial charge in [-0.25, -0.2) is 0 Å². The number of ether oxygens (including phenoxy) is 1. The normalized spacial score (nSPS) is 15.0. The van der Waals surface area contributed by atoms with Crippen LogP contribution in [0.3, 0.4) is 0 Å². The van der Waals surface area contributed by atoms with Crippen LogP contribution in [-0.4, -0.2) is 61.5 Å². The molecule has 3 rings (SSSR count). The smallest absolute Gasteiger partial charge is 0.290 e. The highest BCUT2D eigenvalue weighted by Gasteiger charge is 2.37. The minimum absolute atomic E-state index is 0.127. The Labute approximate surface area is 191 Å². The lowest BCUT2D eigenvalue weighted by atomic mass is 9.96. The molecule has 1 aromatic heterocycles. The molecule has 1 atom stereocenters. The summed E-state index contributed by atoms with van der Waals surface area (Å²) in [6, 6.07) is 8.55. The van der Waals surface area contributed by atoms with E-state index in [1.165, 1.54) is 4.68 Å². The molecule has 0 fully saturated rings. The third kappa shape index (κ3) is 5.87. The molecular weight excluding hydrogens is 436 g/mol. The third-order valence-electron chi connectivity index (χ3n) is 5.18. The van der Waals surface area contributed by atoms with Gasteiger partial charge >= 0.3 is 0 Å². The number of rotatable bonds is 10. The Hall–Kier alpha value is -2.88. The van der Waals surface area contributed by atoms with Crippen LogP contribution in [-0.2, 0) is 16.1 Å². The van der Waals surface area contributed by atoms with Crippen molar-refractivity contribution >= 4 is 29.2 Å². The average molecular weight is 463 g/mol. The van der Waals surface area contributed by atoms with E-state index in [-0.39, 0.29) is 37.1 Å². The minimum Gasteiger partial charge on any atom is -0.450 e. The van der Waals surface area contributed by atoms with Crippen LogP contribution in [0.4, 0.5) is 5.82 Å². The van der Waals surface area contributed by atoms with Gasteiger partial charge in [0.1, 0.15) is 5.75 Å². The van der Waals surface area contributed by atoms with Crippen molar-refractivity contribution in [2.75, 3.05) is 18.5 Å². The van der Waals surface area contributed by atoms with Crippen LogP contribution in [0.2, 0.25) is 5.02 Å². The van der Waals surface area contributed by atoms with E-state index in [2.05, 4.69) is 10.4 Å². The number of benzene rings is 1. The molecule has 2 amide bonds. The summed E-state index contributed by atoms with van der Waals surface area (Å²) in [5, 5.41) is 25.6. The first kappa shape index (κ1) is 23.8. The molecule has 0 spiro atoms. The highest BCUT2D eigenvalue weighted by Crippen LogP contribution is 2.30. The van der Waals surface area contributed by atoms with Crippen molar-refractivity contribution < 1.29 is 24.5 Å². The number of carbonyl (C=O) groups excluding carboxylic acids is 2. The number of halogens is 1. The zero-order valence-electron chi connectivity index (χ0n) is 18.0. The van der Waals surface area contributed by atoms with Gasteiger partial charge in [-0.3, -0.25) is 14.3 Å². The Balaban J connectivity index is 1.51. The molecule has 172 valence electrons. The number of nitrogens with one attached hydrogen (secondary N) is 1.